The highest BCUT2D eigenvalue weighted by Gasteiger charge is 2.23. The van der Waals surface area contributed by atoms with Gasteiger partial charge in [0.2, 0.25) is 0 Å². The number of hydrogen-bond acceptors (Lipinski definition) is 5. The Morgan fingerprint density at radius 1 is 1.42 bits per heavy atom. The van der Waals surface area contributed by atoms with Crippen LogP contribution in [0, 0.1) is 0 Å². The van der Waals surface area contributed by atoms with Crippen LogP contribution < -0.4 is 4.74 Å². The first-order valence-electron chi connectivity index (χ1n) is 6.18. The van der Waals surface area contributed by atoms with Crippen molar-refractivity contribution in [2.24, 2.45) is 0 Å². The normalized spacial score (nSPS) is 18.3. The molecule has 0 radical (unpaired) electrons. The third-order valence-corrected chi connectivity index (χ3v) is 4.56. The molecule has 0 saturated carbocycles. The van der Waals surface area contributed by atoms with Crippen molar-refractivity contribution in [2.45, 2.75) is 17.4 Å². The lowest BCUT2D eigenvalue weighted by molar-refractivity contribution is 0.199. The smallest absolute Gasteiger partial charge is 0.178 e. The van der Waals surface area contributed by atoms with Gasteiger partial charge in [0.1, 0.15) is 18.5 Å². The summed E-state index contributed by atoms with van der Waals surface area (Å²) >= 11 is 0. The third kappa shape index (κ3) is 4.49. The second-order valence-electron chi connectivity index (χ2n) is 4.41. The SMILES string of the molecule is COCCCS(=O)(=O)c1cccc(OC[C@@H]2CO2)c1. The van der Waals surface area contributed by atoms with Crippen molar-refractivity contribution in [3.63, 3.8) is 0 Å². The first-order valence-corrected chi connectivity index (χ1v) is 7.83. The Morgan fingerprint density at radius 3 is 2.89 bits per heavy atom. The van der Waals surface area contributed by atoms with Gasteiger partial charge in [0.15, 0.2) is 9.84 Å². The second-order valence-corrected chi connectivity index (χ2v) is 6.52. The Bertz CT molecular complexity index is 508. The van der Waals surface area contributed by atoms with Crippen LogP contribution in [0.25, 0.3) is 0 Å². The maximum Gasteiger partial charge on any atom is 0.178 e. The molecule has 19 heavy (non-hydrogen) atoms. The van der Waals surface area contributed by atoms with Crippen molar-refractivity contribution in [1.29, 1.82) is 0 Å². The number of methoxy groups -OCH3 is 1. The van der Waals surface area contributed by atoms with Crippen LogP contribution in [0.2, 0.25) is 0 Å². The Labute approximate surface area is 113 Å². The van der Waals surface area contributed by atoms with Gasteiger partial charge in [0, 0.05) is 13.7 Å². The van der Waals surface area contributed by atoms with E-state index in [2.05, 4.69) is 0 Å². The summed E-state index contributed by atoms with van der Waals surface area (Å²) in [5.74, 6) is 0.638. The molecule has 0 aromatic heterocycles. The van der Waals surface area contributed by atoms with E-state index in [1.54, 1.807) is 31.4 Å². The van der Waals surface area contributed by atoms with E-state index in [-0.39, 0.29) is 16.8 Å². The molecule has 1 aromatic rings. The molecule has 106 valence electrons. The predicted octanol–water partition coefficient (Wildman–Crippen LogP) is 1.27. The average Bonchev–Trinajstić information content (AvgIpc) is 3.21. The van der Waals surface area contributed by atoms with E-state index >= 15 is 0 Å². The molecule has 2 rings (SSSR count). The number of ether oxygens (including phenoxy) is 3. The van der Waals surface area contributed by atoms with Crippen molar-refractivity contribution in [3.8, 4) is 5.75 Å². The maximum absolute atomic E-state index is 12.1. The van der Waals surface area contributed by atoms with E-state index in [1.807, 2.05) is 0 Å². The summed E-state index contributed by atoms with van der Waals surface area (Å²) in [6.07, 6.45) is 0.641. The first-order chi connectivity index (χ1) is 9.12. The number of rotatable bonds is 8. The summed E-state index contributed by atoms with van der Waals surface area (Å²) in [5, 5.41) is 0. The zero-order chi connectivity index (χ0) is 13.7. The van der Waals surface area contributed by atoms with E-state index in [0.717, 1.165) is 6.61 Å². The molecule has 0 unspecified atom stereocenters. The Balaban J connectivity index is 1.99. The Morgan fingerprint density at radius 2 is 2.21 bits per heavy atom. The van der Waals surface area contributed by atoms with Crippen molar-refractivity contribution in [2.75, 3.05) is 32.7 Å². The van der Waals surface area contributed by atoms with Gasteiger partial charge in [0.05, 0.1) is 17.3 Å². The van der Waals surface area contributed by atoms with Crippen LogP contribution in [0.1, 0.15) is 6.42 Å². The minimum atomic E-state index is -3.27. The van der Waals surface area contributed by atoms with Crippen molar-refractivity contribution < 1.29 is 22.6 Å². The van der Waals surface area contributed by atoms with Crippen LogP contribution in [0.4, 0.5) is 0 Å². The lowest BCUT2D eigenvalue weighted by Crippen LogP contribution is -2.10. The largest absolute Gasteiger partial charge is 0.491 e. The van der Waals surface area contributed by atoms with Crippen LogP contribution in [0.5, 0.6) is 5.75 Å². The number of sulfone groups is 1. The molecule has 0 bridgehead atoms. The van der Waals surface area contributed by atoms with Crippen LogP contribution in [0.15, 0.2) is 29.2 Å². The lowest BCUT2D eigenvalue weighted by Gasteiger charge is -2.08. The summed E-state index contributed by atoms with van der Waals surface area (Å²) in [7, 11) is -1.71. The highest BCUT2D eigenvalue weighted by atomic mass is 32.2. The fourth-order valence-electron chi connectivity index (χ4n) is 1.62. The second kappa shape index (κ2) is 6.36. The fraction of sp³-hybridized carbons (Fsp3) is 0.538. The Kier molecular flexibility index (Phi) is 4.79. The van der Waals surface area contributed by atoms with Crippen molar-refractivity contribution in [1.82, 2.24) is 0 Å². The van der Waals surface area contributed by atoms with E-state index in [9.17, 15) is 8.42 Å². The quantitative estimate of drug-likeness (QED) is 0.532. The van der Waals surface area contributed by atoms with Gasteiger partial charge in [-0.2, -0.15) is 0 Å². The van der Waals surface area contributed by atoms with Gasteiger partial charge >= 0.3 is 0 Å². The molecule has 5 nitrogen and oxygen atoms in total. The summed E-state index contributed by atoms with van der Waals surface area (Å²) in [5.41, 5.74) is 0. The minimum Gasteiger partial charge on any atom is -0.491 e. The van der Waals surface area contributed by atoms with Gasteiger partial charge in [-0.1, -0.05) is 6.07 Å². The standard InChI is InChI=1S/C13H18O5S/c1-16-6-3-7-19(14,15)13-5-2-4-11(8-13)17-9-12-10-18-12/h2,4-5,8,12H,3,6-7,9-10H2,1H3/t12-/m1/s1. The molecule has 1 atom stereocenters. The van der Waals surface area contributed by atoms with Gasteiger partial charge in [-0.25, -0.2) is 8.42 Å². The monoisotopic (exact) mass is 286 g/mol. The summed E-state index contributed by atoms with van der Waals surface area (Å²) in [6.45, 7) is 1.62. The van der Waals surface area contributed by atoms with Gasteiger partial charge in [-0.3, -0.25) is 0 Å². The summed E-state index contributed by atoms with van der Waals surface area (Å²) < 4.78 is 39.5. The van der Waals surface area contributed by atoms with Gasteiger partial charge < -0.3 is 14.2 Å². The van der Waals surface area contributed by atoms with Crippen molar-refractivity contribution >= 4 is 9.84 Å². The zero-order valence-corrected chi connectivity index (χ0v) is 11.7. The molecule has 1 heterocycles. The van der Waals surface area contributed by atoms with E-state index in [0.29, 0.717) is 25.4 Å². The third-order valence-electron chi connectivity index (χ3n) is 2.76. The molecule has 0 aliphatic carbocycles. The molecule has 0 amide bonds. The fourth-order valence-corrected chi connectivity index (χ4v) is 2.94. The van der Waals surface area contributed by atoms with Gasteiger partial charge in [-0.05, 0) is 24.6 Å². The molecule has 1 aromatic carbocycles. The summed E-state index contributed by atoms with van der Waals surface area (Å²) in [6, 6.07) is 6.58. The van der Waals surface area contributed by atoms with Crippen LogP contribution in [0.3, 0.4) is 0 Å². The molecular formula is C13H18O5S. The summed E-state index contributed by atoms with van der Waals surface area (Å²) in [4.78, 5) is 0.290. The first kappa shape index (κ1) is 14.3. The number of benzene rings is 1. The number of hydrogen-bond donors (Lipinski definition) is 0. The van der Waals surface area contributed by atoms with Gasteiger partial charge in [-0.15, -0.1) is 0 Å². The molecule has 6 heteroatoms. The zero-order valence-electron chi connectivity index (χ0n) is 10.9. The van der Waals surface area contributed by atoms with E-state index < -0.39 is 9.84 Å². The lowest BCUT2D eigenvalue weighted by atomic mass is 10.3. The minimum absolute atomic E-state index is 0.0794. The Hall–Kier alpha value is -1.11. The molecule has 1 aliphatic rings. The maximum atomic E-state index is 12.1. The number of epoxide rings is 1. The topological polar surface area (TPSA) is 65.1 Å². The van der Waals surface area contributed by atoms with Crippen LogP contribution >= 0.6 is 0 Å². The van der Waals surface area contributed by atoms with Gasteiger partial charge in [0.25, 0.3) is 0 Å². The molecule has 1 saturated heterocycles. The molecule has 0 N–H and O–H groups in total. The van der Waals surface area contributed by atoms with Crippen LogP contribution in [-0.4, -0.2) is 47.2 Å². The van der Waals surface area contributed by atoms with E-state index in [1.165, 1.54) is 0 Å². The van der Waals surface area contributed by atoms with Crippen LogP contribution in [-0.2, 0) is 19.3 Å². The highest BCUT2D eigenvalue weighted by molar-refractivity contribution is 7.91. The highest BCUT2D eigenvalue weighted by Crippen LogP contribution is 2.20. The predicted molar refractivity (Wildman–Crippen MR) is 70.2 cm³/mol. The van der Waals surface area contributed by atoms with Crippen molar-refractivity contribution in [3.05, 3.63) is 24.3 Å². The average molecular weight is 286 g/mol. The molecule has 1 fully saturated rings. The molecular weight excluding hydrogens is 268 g/mol. The molecule has 1 aliphatic heterocycles. The molecule has 0 spiro atoms. The van der Waals surface area contributed by atoms with E-state index in [4.69, 9.17) is 14.2 Å².